The Morgan fingerprint density at radius 3 is 2.05 bits per heavy atom. The highest BCUT2D eigenvalue weighted by molar-refractivity contribution is 5.89. The van der Waals surface area contributed by atoms with E-state index in [0.717, 1.165) is 31.1 Å². The van der Waals surface area contributed by atoms with Crippen LogP contribution in [0.3, 0.4) is 0 Å². The molecule has 0 N–H and O–H groups in total. The third kappa shape index (κ3) is 5.93. The number of carbonyl (C=O) groups is 1. The van der Waals surface area contributed by atoms with Crippen molar-refractivity contribution < 1.29 is 4.79 Å². The highest BCUT2D eigenvalue weighted by Crippen LogP contribution is 2.28. The molecule has 1 heteroatoms. The fourth-order valence-corrected chi connectivity index (χ4v) is 3.72. The van der Waals surface area contributed by atoms with Gasteiger partial charge >= 0.3 is 0 Å². The molecule has 19 heavy (non-hydrogen) atoms. The largest absolute Gasteiger partial charge is 0.295 e. The summed E-state index contributed by atoms with van der Waals surface area (Å²) < 4.78 is 0. The van der Waals surface area contributed by atoms with Gasteiger partial charge in [-0.25, -0.2) is 0 Å². The van der Waals surface area contributed by atoms with Crippen LogP contribution in [-0.2, 0) is 4.79 Å². The van der Waals surface area contributed by atoms with Crippen molar-refractivity contribution in [1.82, 2.24) is 0 Å². The van der Waals surface area contributed by atoms with Gasteiger partial charge in [0, 0.05) is 6.42 Å². The molecule has 0 aliphatic heterocycles. The Balaban J connectivity index is 1.57. The summed E-state index contributed by atoms with van der Waals surface area (Å²) in [7, 11) is 0. The van der Waals surface area contributed by atoms with Gasteiger partial charge in [0.2, 0.25) is 0 Å². The van der Waals surface area contributed by atoms with Crippen molar-refractivity contribution >= 4 is 5.78 Å². The van der Waals surface area contributed by atoms with E-state index in [-0.39, 0.29) is 0 Å². The first-order valence-corrected chi connectivity index (χ1v) is 8.54. The van der Waals surface area contributed by atoms with E-state index in [9.17, 15) is 4.79 Å². The quantitative estimate of drug-likeness (QED) is 0.582. The van der Waals surface area contributed by atoms with E-state index in [1.807, 2.05) is 6.08 Å². The molecule has 2 saturated carbocycles. The first-order valence-electron chi connectivity index (χ1n) is 8.54. The van der Waals surface area contributed by atoms with Crippen LogP contribution in [0.25, 0.3) is 0 Å². The Morgan fingerprint density at radius 2 is 1.42 bits per heavy atom. The lowest BCUT2D eigenvalue weighted by atomic mass is 9.85. The summed E-state index contributed by atoms with van der Waals surface area (Å²) >= 11 is 0. The van der Waals surface area contributed by atoms with Crippen LogP contribution in [0.5, 0.6) is 0 Å². The average molecular weight is 262 g/mol. The smallest absolute Gasteiger partial charge is 0.155 e. The maximum Gasteiger partial charge on any atom is 0.155 e. The predicted octanol–water partition coefficient (Wildman–Crippen LogP) is 5.44. The Kier molecular flexibility index (Phi) is 6.67. The highest BCUT2D eigenvalue weighted by atomic mass is 16.1. The fourth-order valence-electron chi connectivity index (χ4n) is 3.72. The summed E-state index contributed by atoms with van der Waals surface area (Å²) in [6.07, 6.45) is 20.9. The number of carbonyl (C=O) groups excluding carboxylic acids is 1. The molecule has 0 aromatic heterocycles. The van der Waals surface area contributed by atoms with E-state index in [1.54, 1.807) is 0 Å². The zero-order valence-electron chi connectivity index (χ0n) is 12.4. The Hall–Kier alpha value is -0.590. The van der Waals surface area contributed by atoms with E-state index in [0.29, 0.717) is 5.78 Å². The van der Waals surface area contributed by atoms with Gasteiger partial charge in [0.05, 0.1) is 0 Å². The van der Waals surface area contributed by atoms with Crippen molar-refractivity contribution in [3.8, 4) is 0 Å². The van der Waals surface area contributed by atoms with Crippen LogP contribution in [0.4, 0.5) is 0 Å². The van der Waals surface area contributed by atoms with E-state index in [4.69, 9.17) is 0 Å². The number of ketones is 1. The molecule has 0 aromatic carbocycles. The second-order valence-corrected chi connectivity index (χ2v) is 6.65. The zero-order valence-corrected chi connectivity index (χ0v) is 12.4. The molecule has 0 amide bonds. The van der Waals surface area contributed by atoms with Crippen LogP contribution >= 0.6 is 0 Å². The molecule has 108 valence electrons. The monoisotopic (exact) mass is 262 g/mol. The number of hydrogen-bond acceptors (Lipinski definition) is 1. The summed E-state index contributed by atoms with van der Waals surface area (Å²) in [6.45, 7) is 0. The standard InChI is InChI=1S/C18H30O/c19-18(15-14-17-10-5-2-6-11-17)13-7-12-16-8-3-1-4-9-16/h7,13,16-17H,1-6,8-12,14-15H2/b13-7+. The Labute approximate surface area is 118 Å². The SMILES string of the molecule is O=C(/C=C/CC1CCCCC1)CCC1CCCCC1. The van der Waals surface area contributed by atoms with E-state index < -0.39 is 0 Å². The van der Waals surface area contributed by atoms with Crippen LogP contribution in [0.1, 0.15) is 83.5 Å². The lowest BCUT2D eigenvalue weighted by molar-refractivity contribution is -0.114. The molecule has 2 rings (SSSR count). The van der Waals surface area contributed by atoms with Crippen molar-refractivity contribution in [2.45, 2.75) is 83.5 Å². The van der Waals surface area contributed by atoms with Gasteiger partial charge in [-0.1, -0.05) is 70.3 Å². The van der Waals surface area contributed by atoms with Crippen molar-refractivity contribution in [3.63, 3.8) is 0 Å². The van der Waals surface area contributed by atoms with Crippen LogP contribution in [0.15, 0.2) is 12.2 Å². The molecular formula is C18H30O. The van der Waals surface area contributed by atoms with Crippen molar-refractivity contribution in [3.05, 3.63) is 12.2 Å². The molecule has 2 aliphatic rings. The van der Waals surface area contributed by atoms with Crippen LogP contribution in [0.2, 0.25) is 0 Å². The highest BCUT2D eigenvalue weighted by Gasteiger charge is 2.14. The fraction of sp³-hybridized carbons (Fsp3) is 0.833. The molecule has 0 spiro atoms. The summed E-state index contributed by atoms with van der Waals surface area (Å²) in [5, 5.41) is 0. The Morgan fingerprint density at radius 1 is 0.842 bits per heavy atom. The van der Waals surface area contributed by atoms with Gasteiger partial charge in [-0.2, -0.15) is 0 Å². The second kappa shape index (κ2) is 8.55. The zero-order chi connectivity index (χ0) is 13.3. The van der Waals surface area contributed by atoms with Gasteiger partial charge in [0.25, 0.3) is 0 Å². The normalized spacial score (nSPS) is 22.9. The van der Waals surface area contributed by atoms with Gasteiger partial charge in [0.1, 0.15) is 0 Å². The minimum atomic E-state index is 0.362. The number of allylic oxidation sites excluding steroid dienone is 2. The van der Waals surface area contributed by atoms with Crippen LogP contribution < -0.4 is 0 Å². The van der Waals surface area contributed by atoms with E-state index in [2.05, 4.69) is 6.08 Å². The minimum absolute atomic E-state index is 0.362. The summed E-state index contributed by atoms with van der Waals surface area (Å²) in [4.78, 5) is 11.8. The molecule has 0 heterocycles. The third-order valence-electron chi connectivity index (χ3n) is 5.02. The second-order valence-electron chi connectivity index (χ2n) is 6.65. The number of hydrogen-bond donors (Lipinski definition) is 0. The van der Waals surface area contributed by atoms with Crippen molar-refractivity contribution in [2.75, 3.05) is 0 Å². The first kappa shape index (κ1) is 14.8. The summed E-state index contributed by atoms with van der Waals surface area (Å²) in [5.41, 5.74) is 0. The third-order valence-corrected chi connectivity index (χ3v) is 5.02. The van der Waals surface area contributed by atoms with Crippen LogP contribution in [0, 0.1) is 11.8 Å². The molecule has 0 radical (unpaired) electrons. The molecule has 0 bridgehead atoms. The maximum absolute atomic E-state index is 11.8. The van der Waals surface area contributed by atoms with E-state index >= 15 is 0 Å². The molecule has 2 fully saturated rings. The molecule has 2 aliphatic carbocycles. The maximum atomic E-state index is 11.8. The number of rotatable bonds is 6. The molecule has 0 unspecified atom stereocenters. The predicted molar refractivity (Wildman–Crippen MR) is 81.1 cm³/mol. The summed E-state index contributed by atoms with van der Waals surface area (Å²) in [6, 6.07) is 0. The Bertz CT molecular complexity index is 280. The van der Waals surface area contributed by atoms with Crippen molar-refractivity contribution in [2.24, 2.45) is 11.8 Å². The molecular weight excluding hydrogens is 232 g/mol. The molecule has 0 aromatic rings. The first-order chi connectivity index (χ1) is 9.34. The average Bonchev–Trinajstić information content (AvgIpc) is 2.47. The lowest BCUT2D eigenvalue weighted by Crippen LogP contribution is -2.08. The minimum Gasteiger partial charge on any atom is -0.295 e. The van der Waals surface area contributed by atoms with Gasteiger partial charge in [-0.05, 0) is 30.8 Å². The van der Waals surface area contributed by atoms with Gasteiger partial charge in [-0.15, -0.1) is 0 Å². The van der Waals surface area contributed by atoms with Gasteiger partial charge < -0.3 is 0 Å². The van der Waals surface area contributed by atoms with Crippen LogP contribution in [-0.4, -0.2) is 5.78 Å². The summed E-state index contributed by atoms with van der Waals surface area (Å²) in [5.74, 6) is 2.06. The topological polar surface area (TPSA) is 17.1 Å². The molecule has 0 saturated heterocycles. The lowest BCUT2D eigenvalue weighted by Gasteiger charge is -2.20. The van der Waals surface area contributed by atoms with E-state index in [1.165, 1.54) is 64.2 Å². The molecule has 1 nitrogen and oxygen atoms in total. The van der Waals surface area contributed by atoms with Gasteiger partial charge in [-0.3, -0.25) is 4.79 Å². The van der Waals surface area contributed by atoms with Crippen molar-refractivity contribution in [1.29, 1.82) is 0 Å². The van der Waals surface area contributed by atoms with Gasteiger partial charge in [0.15, 0.2) is 5.78 Å². The molecule has 0 atom stereocenters.